The van der Waals surface area contributed by atoms with Gasteiger partial charge in [-0.25, -0.2) is 0 Å². The molecule has 0 atom stereocenters. The fourth-order valence-corrected chi connectivity index (χ4v) is 3.93. The molecule has 1 saturated carbocycles. The minimum absolute atomic E-state index is 0.742. The van der Waals surface area contributed by atoms with Crippen LogP contribution >= 0.6 is 0 Å². The van der Waals surface area contributed by atoms with Crippen molar-refractivity contribution in [2.45, 2.75) is 50.9 Å². The van der Waals surface area contributed by atoms with Crippen molar-refractivity contribution >= 4 is 16.6 Å². The van der Waals surface area contributed by atoms with E-state index in [1.807, 2.05) is 0 Å². The Morgan fingerprint density at radius 2 is 1.95 bits per heavy atom. The molecular formula is C17H20N2O. The van der Waals surface area contributed by atoms with Gasteiger partial charge >= 0.3 is 0 Å². The first-order valence-electron chi connectivity index (χ1n) is 7.72. The number of aromatic amines is 1. The van der Waals surface area contributed by atoms with E-state index in [0.717, 1.165) is 30.2 Å². The molecule has 0 amide bonds. The number of rotatable bonds is 1. The Morgan fingerprint density at radius 1 is 1.10 bits per heavy atom. The maximum absolute atomic E-state index is 9.06. The van der Waals surface area contributed by atoms with Crippen molar-refractivity contribution < 1.29 is 5.21 Å². The van der Waals surface area contributed by atoms with Gasteiger partial charge in [0, 0.05) is 10.9 Å². The molecule has 0 saturated heterocycles. The van der Waals surface area contributed by atoms with Gasteiger partial charge in [0.2, 0.25) is 0 Å². The lowest BCUT2D eigenvalue weighted by Gasteiger charge is -2.22. The minimum Gasteiger partial charge on any atom is -0.411 e. The van der Waals surface area contributed by atoms with Crippen LogP contribution in [-0.4, -0.2) is 15.9 Å². The van der Waals surface area contributed by atoms with Gasteiger partial charge < -0.3 is 10.2 Å². The number of benzene rings is 1. The molecule has 4 rings (SSSR count). The van der Waals surface area contributed by atoms with Crippen molar-refractivity contribution in [3.05, 3.63) is 35.0 Å². The maximum atomic E-state index is 9.06. The number of nitrogens with zero attached hydrogens (tertiary/aromatic N) is 1. The molecule has 2 aliphatic rings. The lowest BCUT2D eigenvalue weighted by atomic mass is 9.83. The fourth-order valence-electron chi connectivity index (χ4n) is 3.93. The summed E-state index contributed by atoms with van der Waals surface area (Å²) >= 11 is 0. The molecule has 2 aliphatic carbocycles. The number of fused-ring (bicyclic) bond motifs is 3. The van der Waals surface area contributed by atoms with Crippen molar-refractivity contribution in [2.75, 3.05) is 0 Å². The summed E-state index contributed by atoms with van der Waals surface area (Å²) in [5, 5.41) is 13.8. The van der Waals surface area contributed by atoms with Crippen molar-refractivity contribution in [2.24, 2.45) is 5.16 Å². The summed E-state index contributed by atoms with van der Waals surface area (Å²) in [6.07, 6.45) is 8.65. The number of oxime groups is 1. The van der Waals surface area contributed by atoms with Crippen molar-refractivity contribution in [1.29, 1.82) is 0 Å². The monoisotopic (exact) mass is 268 g/mol. The van der Waals surface area contributed by atoms with E-state index in [4.69, 9.17) is 5.21 Å². The Hall–Kier alpha value is -1.77. The third kappa shape index (κ3) is 1.76. The molecule has 20 heavy (non-hydrogen) atoms. The van der Waals surface area contributed by atoms with Gasteiger partial charge in [-0.1, -0.05) is 30.5 Å². The van der Waals surface area contributed by atoms with Crippen LogP contribution in [0.5, 0.6) is 0 Å². The molecule has 0 spiro atoms. The highest BCUT2D eigenvalue weighted by Crippen LogP contribution is 2.36. The molecule has 3 nitrogen and oxygen atoms in total. The van der Waals surface area contributed by atoms with Crippen molar-refractivity contribution in [3.8, 4) is 0 Å². The van der Waals surface area contributed by atoms with E-state index in [1.165, 1.54) is 54.1 Å². The van der Waals surface area contributed by atoms with Crippen molar-refractivity contribution in [1.82, 2.24) is 4.98 Å². The van der Waals surface area contributed by atoms with E-state index in [-0.39, 0.29) is 0 Å². The molecule has 0 bridgehead atoms. The number of H-pyrrole nitrogens is 1. The zero-order valence-electron chi connectivity index (χ0n) is 11.7. The summed E-state index contributed by atoms with van der Waals surface area (Å²) in [4.78, 5) is 3.42. The predicted molar refractivity (Wildman–Crippen MR) is 80.8 cm³/mol. The molecule has 2 N–H and O–H groups in total. The average Bonchev–Trinajstić information content (AvgIpc) is 3.06. The van der Waals surface area contributed by atoms with Gasteiger partial charge in [0.15, 0.2) is 0 Å². The van der Waals surface area contributed by atoms with Crippen LogP contribution in [0, 0.1) is 0 Å². The van der Waals surface area contributed by atoms with Gasteiger partial charge in [-0.15, -0.1) is 0 Å². The number of aryl methyl sites for hydroxylation is 1. The average molecular weight is 268 g/mol. The minimum atomic E-state index is 0.742. The van der Waals surface area contributed by atoms with Crippen LogP contribution in [0.2, 0.25) is 0 Å². The molecular weight excluding hydrogens is 248 g/mol. The molecule has 1 aromatic carbocycles. The van der Waals surface area contributed by atoms with Gasteiger partial charge in [-0.05, 0) is 54.9 Å². The maximum Gasteiger partial charge on any atom is 0.104 e. The lowest BCUT2D eigenvalue weighted by Crippen LogP contribution is -2.04. The van der Waals surface area contributed by atoms with E-state index in [1.54, 1.807) is 0 Å². The smallest absolute Gasteiger partial charge is 0.104 e. The van der Waals surface area contributed by atoms with Crippen LogP contribution < -0.4 is 0 Å². The number of hydrogen-bond donors (Lipinski definition) is 2. The molecule has 2 aromatic rings. The Balaban J connectivity index is 1.79. The predicted octanol–water partition coefficient (Wildman–Crippen LogP) is 4.34. The van der Waals surface area contributed by atoms with Gasteiger partial charge in [0.05, 0.1) is 5.69 Å². The molecule has 0 unspecified atom stereocenters. The second kappa shape index (κ2) is 4.65. The number of aromatic nitrogens is 1. The third-order valence-electron chi connectivity index (χ3n) is 5.03. The van der Waals surface area contributed by atoms with Crippen LogP contribution in [0.4, 0.5) is 0 Å². The Labute approximate surface area is 118 Å². The number of nitrogens with one attached hydrogen (secondary N) is 1. The number of hydrogen-bond acceptors (Lipinski definition) is 2. The van der Waals surface area contributed by atoms with E-state index >= 15 is 0 Å². The van der Waals surface area contributed by atoms with Crippen LogP contribution in [0.1, 0.15) is 61.3 Å². The first-order valence-corrected chi connectivity index (χ1v) is 7.72. The quantitative estimate of drug-likeness (QED) is 0.586. The summed E-state index contributed by atoms with van der Waals surface area (Å²) in [5.74, 6) is 0.742. The van der Waals surface area contributed by atoms with E-state index < -0.39 is 0 Å². The van der Waals surface area contributed by atoms with E-state index in [2.05, 4.69) is 28.3 Å². The standard InChI is InChI=1S/C17H20N2O/c20-19-16-9-7-13-14-10-12(11-4-2-1-3-5-11)6-8-15(14)18-17(13)16/h6,8,10-11,18,20H,1-5,7,9H2. The summed E-state index contributed by atoms with van der Waals surface area (Å²) in [5.41, 5.74) is 5.85. The van der Waals surface area contributed by atoms with Gasteiger partial charge in [0.25, 0.3) is 0 Å². The summed E-state index contributed by atoms with van der Waals surface area (Å²) in [6, 6.07) is 6.85. The Morgan fingerprint density at radius 3 is 2.75 bits per heavy atom. The first kappa shape index (κ1) is 12.0. The first-order chi connectivity index (χ1) is 9.86. The van der Waals surface area contributed by atoms with Crippen molar-refractivity contribution in [3.63, 3.8) is 0 Å². The normalized spacial score (nSPS) is 21.7. The molecule has 3 heteroatoms. The molecule has 1 aromatic heterocycles. The molecule has 104 valence electrons. The largest absolute Gasteiger partial charge is 0.411 e. The topological polar surface area (TPSA) is 48.4 Å². The third-order valence-corrected chi connectivity index (χ3v) is 5.03. The zero-order chi connectivity index (χ0) is 13.5. The Kier molecular flexibility index (Phi) is 2.79. The zero-order valence-corrected chi connectivity index (χ0v) is 11.7. The lowest BCUT2D eigenvalue weighted by molar-refractivity contribution is 0.318. The SMILES string of the molecule is ON=C1CCc2c1[nH]c1ccc(C3CCCCC3)cc21. The molecule has 1 heterocycles. The summed E-state index contributed by atoms with van der Waals surface area (Å²) in [7, 11) is 0. The van der Waals surface area contributed by atoms with Gasteiger partial charge in [-0.2, -0.15) is 0 Å². The van der Waals surface area contributed by atoms with Gasteiger partial charge in [-0.3, -0.25) is 0 Å². The Bertz CT molecular complexity index is 678. The molecule has 0 aliphatic heterocycles. The highest BCUT2D eigenvalue weighted by molar-refractivity contribution is 6.08. The van der Waals surface area contributed by atoms with Gasteiger partial charge in [0.1, 0.15) is 5.71 Å². The molecule has 1 fully saturated rings. The summed E-state index contributed by atoms with van der Waals surface area (Å²) < 4.78 is 0. The fraction of sp³-hybridized carbons (Fsp3) is 0.471. The second-order valence-corrected chi connectivity index (χ2v) is 6.17. The van der Waals surface area contributed by atoms with E-state index in [0.29, 0.717) is 0 Å². The van der Waals surface area contributed by atoms with Crippen LogP contribution in [0.15, 0.2) is 23.4 Å². The highest BCUT2D eigenvalue weighted by atomic mass is 16.4. The summed E-state index contributed by atoms with van der Waals surface area (Å²) in [6.45, 7) is 0. The van der Waals surface area contributed by atoms with Crippen LogP contribution in [-0.2, 0) is 6.42 Å². The van der Waals surface area contributed by atoms with E-state index in [9.17, 15) is 0 Å². The molecule has 0 radical (unpaired) electrons. The highest BCUT2D eigenvalue weighted by Gasteiger charge is 2.24. The second-order valence-electron chi connectivity index (χ2n) is 6.17. The van der Waals surface area contributed by atoms with Crippen LogP contribution in [0.3, 0.4) is 0 Å². The van der Waals surface area contributed by atoms with Crippen LogP contribution in [0.25, 0.3) is 10.9 Å².